The molecule has 4 nitrogen and oxygen atoms in total. The third kappa shape index (κ3) is 4.00. The summed E-state index contributed by atoms with van der Waals surface area (Å²) in [7, 11) is 0. The van der Waals surface area contributed by atoms with E-state index < -0.39 is 0 Å². The minimum atomic E-state index is -0.350. The molecular weight excluding hydrogens is 259 g/mol. The minimum Gasteiger partial charge on any atom is -0.390 e. The molecular formula is C15H13FN2O2. The molecule has 0 saturated carbocycles. The number of aliphatic hydroxyl groups is 1. The number of benzene rings is 1. The zero-order valence-electron chi connectivity index (χ0n) is 10.6. The standard InChI is InChI=1S/C15H13FN2O2/c16-12-7-4-11(5-8-12)6-9-15(20)18-14-3-1-2-13(10-19)17-14/h1-9,19H,10H2,(H,17,18,20)/b9-6+. The smallest absolute Gasteiger partial charge is 0.249 e. The van der Waals surface area contributed by atoms with Gasteiger partial charge in [-0.1, -0.05) is 18.2 Å². The van der Waals surface area contributed by atoms with E-state index in [1.54, 1.807) is 36.4 Å². The topological polar surface area (TPSA) is 62.2 Å². The number of hydrogen-bond acceptors (Lipinski definition) is 3. The van der Waals surface area contributed by atoms with Crippen molar-refractivity contribution in [1.29, 1.82) is 0 Å². The fourth-order valence-electron chi connectivity index (χ4n) is 1.55. The van der Waals surface area contributed by atoms with Gasteiger partial charge in [0.2, 0.25) is 5.91 Å². The number of nitrogens with one attached hydrogen (secondary N) is 1. The molecule has 0 spiro atoms. The van der Waals surface area contributed by atoms with Gasteiger partial charge < -0.3 is 10.4 Å². The minimum absolute atomic E-state index is 0.185. The van der Waals surface area contributed by atoms with Crippen LogP contribution in [0.2, 0.25) is 0 Å². The first-order valence-electron chi connectivity index (χ1n) is 5.99. The predicted octanol–water partition coefficient (Wildman–Crippen LogP) is 2.36. The number of hydrogen-bond donors (Lipinski definition) is 2. The Morgan fingerprint density at radius 3 is 2.70 bits per heavy atom. The zero-order valence-corrected chi connectivity index (χ0v) is 10.6. The van der Waals surface area contributed by atoms with Crippen LogP contribution in [0.4, 0.5) is 10.2 Å². The van der Waals surface area contributed by atoms with Gasteiger partial charge in [-0.2, -0.15) is 0 Å². The average Bonchev–Trinajstić information content (AvgIpc) is 2.47. The number of carbonyl (C=O) groups excluding carboxylic acids is 1. The van der Waals surface area contributed by atoms with Crippen LogP contribution in [-0.4, -0.2) is 16.0 Å². The van der Waals surface area contributed by atoms with Gasteiger partial charge in [0.1, 0.15) is 11.6 Å². The summed E-state index contributed by atoms with van der Waals surface area (Å²) in [6.07, 6.45) is 2.91. The van der Waals surface area contributed by atoms with Crippen LogP contribution >= 0.6 is 0 Å². The van der Waals surface area contributed by atoms with Gasteiger partial charge in [0.05, 0.1) is 12.3 Å². The molecule has 20 heavy (non-hydrogen) atoms. The molecule has 0 unspecified atom stereocenters. The molecule has 0 fully saturated rings. The molecule has 0 aliphatic carbocycles. The Balaban J connectivity index is 1.99. The molecule has 2 rings (SSSR count). The first kappa shape index (κ1) is 13.9. The number of amides is 1. The highest BCUT2D eigenvalue weighted by atomic mass is 19.1. The third-order valence-electron chi connectivity index (χ3n) is 2.52. The van der Waals surface area contributed by atoms with Gasteiger partial charge in [0, 0.05) is 6.08 Å². The van der Waals surface area contributed by atoms with Crippen LogP contribution < -0.4 is 5.32 Å². The van der Waals surface area contributed by atoms with Gasteiger partial charge in [-0.3, -0.25) is 4.79 Å². The summed E-state index contributed by atoms with van der Waals surface area (Å²) in [5, 5.41) is 11.5. The van der Waals surface area contributed by atoms with E-state index in [1.807, 2.05) is 0 Å². The normalized spacial score (nSPS) is 10.7. The number of pyridine rings is 1. The second-order valence-electron chi connectivity index (χ2n) is 4.05. The Bertz CT molecular complexity index is 624. The van der Waals surface area contributed by atoms with E-state index in [1.165, 1.54) is 18.2 Å². The SMILES string of the molecule is O=C(/C=C/c1ccc(F)cc1)Nc1cccc(CO)n1. The lowest BCUT2D eigenvalue weighted by Gasteiger charge is -2.02. The van der Waals surface area contributed by atoms with E-state index in [0.717, 1.165) is 5.56 Å². The molecule has 5 heteroatoms. The highest BCUT2D eigenvalue weighted by Crippen LogP contribution is 2.07. The second-order valence-corrected chi connectivity index (χ2v) is 4.05. The maximum Gasteiger partial charge on any atom is 0.249 e. The highest BCUT2D eigenvalue weighted by molar-refractivity contribution is 6.01. The summed E-state index contributed by atoms with van der Waals surface area (Å²) < 4.78 is 12.7. The summed E-state index contributed by atoms with van der Waals surface area (Å²) >= 11 is 0. The molecule has 2 N–H and O–H groups in total. The number of halogens is 1. The fourth-order valence-corrected chi connectivity index (χ4v) is 1.55. The van der Waals surface area contributed by atoms with Crippen molar-refractivity contribution in [3.8, 4) is 0 Å². The van der Waals surface area contributed by atoms with Gasteiger partial charge in [0.15, 0.2) is 0 Å². The summed E-state index contributed by atoms with van der Waals surface area (Å²) in [6.45, 7) is -0.185. The molecule has 0 radical (unpaired) electrons. The van der Waals surface area contributed by atoms with Crippen molar-refractivity contribution in [1.82, 2.24) is 4.98 Å². The average molecular weight is 272 g/mol. The van der Waals surface area contributed by atoms with Crippen molar-refractivity contribution in [3.63, 3.8) is 0 Å². The predicted molar refractivity (Wildman–Crippen MR) is 74.2 cm³/mol. The molecule has 0 saturated heterocycles. The molecule has 0 aliphatic rings. The summed E-state index contributed by atoms with van der Waals surface area (Å²) in [5.41, 5.74) is 1.20. The first-order chi connectivity index (χ1) is 9.67. The number of rotatable bonds is 4. The van der Waals surface area contributed by atoms with E-state index in [2.05, 4.69) is 10.3 Å². The fraction of sp³-hybridized carbons (Fsp3) is 0.0667. The van der Waals surface area contributed by atoms with Crippen LogP contribution in [0.5, 0.6) is 0 Å². The van der Waals surface area contributed by atoms with Gasteiger partial charge in [-0.25, -0.2) is 9.37 Å². The van der Waals surface area contributed by atoms with Crippen molar-refractivity contribution in [2.45, 2.75) is 6.61 Å². The Labute approximate surface area is 115 Å². The Hall–Kier alpha value is -2.53. The highest BCUT2D eigenvalue weighted by Gasteiger charge is 2.00. The van der Waals surface area contributed by atoms with Crippen molar-refractivity contribution in [3.05, 3.63) is 65.6 Å². The van der Waals surface area contributed by atoms with E-state index in [-0.39, 0.29) is 18.3 Å². The van der Waals surface area contributed by atoms with Gasteiger partial charge in [-0.05, 0) is 35.9 Å². The lowest BCUT2D eigenvalue weighted by atomic mass is 10.2. The van der Waals surface area contributed by atoms with Crippen molar-refractivity contribution in [2.24, 2.45) is 0 Å². The summed E-state index contributed by atoms with van der Waals surface area (Å²) in [4.78, 5) is 15.7. The van der Waals surface area contributed by atoms with E-state index >= 15 is 0 Å². The van der Waals surface area contributed by atoms with E-state index in [4.69, 9.17) is 5.11 Å². The van der Waals surface area contributed by atoms with Crippen molar-refractivity contribution < 1.29 is 14.3 Å². The second kappa shape index (κ2) is 6.58. The molecule has 2 aromatic rings. The molecule has 1 heterocycles. The van der Waals surface area contributed by atoms with Gasteiger partial charge >= 0.3 is 0 Å². The summed E-state index contributed by atoms with van der Waals surface area (Å²) in [5.74, 6) is -0.307. The molecule has 1 aromatic carbocycles. The lowest BCUT2D eigenvalue weighted by Crippen LogP contribution is -2.09. The largest absolute Gasteiger partial charge is 0.390 e. The van der Waals surface area contributed by atoms with Gasteiger partial charge in [-0.15, -0.1) is 0 Å². The van der Waals surface area contributed by atoms with Gasteiger partial charge in [0.25, 0.3) is 0 Å². The van der Waals surface area contributed by atoms with Crippen molar-refractivity contribution >= 4 is 17.8 Å². The first-order valence-corrected chi connectivity index (χ1v) is 5.99. The number of anilines is 1. The molecule has 0 atom stereocenters. The Morgan fingerprint density at radius 2 is 2.00 bits per heavy atom. The number of nitrogens with zero attached hydrogens (tertiary/aromatic N) is 1. The number of aromatic nitrogens is 1. The van der Waals surface area contributed by atoms with Crippen LogP contribution in [0.3, 0.4) is 0 Å². The van der Waals surface area contributed by atoms with E-state index in [9.17, 15) is 9.18 Å². The Morgan fingerprint density at radius 1 is 1.25 bits per heavy atom. The molecule has 102 valence electrons. The molecule has 0 aliphatic heterocycles. The monoisotopic (exact) mass is 272 g/mol. The Kier molecular flexibility index (Phi) is 4.57. The van der Waals surface area contributed by atoms with Crippen LogP contribution in [0.25, 0.3) is 6.08 Å². The lowest BCUT2D eigenvalue weighted by molar-refractivity contribution is -0.111. The quantitative estimate of drug-likeness (QED) is 0.840. The summed E-state index contributed by atoms with van der Waals surface area (Å²) in [6, 6.07) is 10.8. The maximum absolute atomic E-state index is 12.7. The van der Waals surface area contributed by atoms with Crippen molar-refractivity contribution in [2.75, 3.05) is 5.32 Å². The van der Waals surface area contributed by atoms with Crippen LogP contribution in [-0.2, 0) is 11.4 Å². The number of aliphatic hydroxyl groups excluding tert-OH is 1. The molecule has 0 bridgehead atoms. The third-order valence-corrected chi connectivity index (χ3v) is 2.52. The number of carbonyl (C=O) groups is 1. The maximum atomic E-state index is 12.7. The molecule has 1 aromatic heterocycles. The zero-order chi connectivity index (χ0) is 14.4. The van der Waals surface area contributed by atoms with Crippen LogP contribution in [0.1, 0.15) is 11.3 Å². The van der Waals surface area contributed by atoms with E-state index in [0.29, 0.717) is 11.5 Å². The molecule has 1 amide bonds. The van der Waals surface area contributed by atoms with Crippen LogP contribution in [0.15, 0.2) is 48.5 Å². The van der Waals surface area contributed by atoms with Crippen LogP contribution in [0, 0.1) is 5.82 Å².